The van der Waals surface area contributed by atoms with Gasteiger partial charge in [0.15, 0.2) is 5.65 Å². The summed E-state index contributed by atoms with van der Waals surface area (Å²) in [7, 11) is 1.95. The summed E-state index contributed by atoms with van der Waals surface area (Å²) in [5.41, 5.74) is 3.42. The number of hydrogen-bond acceptors (Lipinski definition) is 4. The van der Waals surface area contributed by atoms with Gasteiger partial charge >= 0.3 is 0 Å². The largest absolute Gasteiger partial charge is 0.334 e. The van der Waals surface area contributed by atoms with Crippen molar-refractivity contribution in [1.29, 1.82) is 0 Å². The first-order valence-corrected chi connectivity index (χ1v) is 10.2. The Morgan fingerprint density at radius 1 is 1.24 bits per heavy atom. The average molecular weight is 442 g/mol. The van der Waals surface area contributed by atoms with Crippen molar-refractivity contribution in [2.24, 2.45) is 0 Å². The summed E-state index contributed by atoms with van der Waals surface area (Å²) in [6, 6.07) is 2.33. The molecular formula is C21H33Cl2N5O. The van der Waals surface area contributed by atoms with Crippen molar-refractivity contribution in [1.82, 2.24) is 25.0 Å². The van der Waals surface area contributed by atoms with Crippen LogP contribution >= 0.6 is 24.8 Å². The highest BCUT2D eigenvalue weighted by Crippen LogP contribution is 2.41. The topological polar surface area (TPSA) is 63.1 Å². The van der Waals surface area contributed by atoms with Gasteiger partial charge in [0, 0.05) is 30.7 Å². The highest BCUT2D eigenvalue weighted by molar-refractivity contribution is 6.07. The monoisotopic (exact) mass is 441 g/mol. The van der Waals surface area contributed by atoms with Crippen LogP contribution in [0.15, 0.2) is 6.07 Å². The third-order valence-corrected chi connectivity index (χ3v) is 5.77. The number of carbonyl (C=O) groups is 1. The van der Waals surface area contributed by atoms with Crippen molar-refractivity contribution in [2.75, 3.05) is 20.1 Å². The third kappa shape index (κ3) is 4.39. The molecule has 3 heterocycles. The average Bonchev–Trinajstić information content (AvgIpc) is 3.27. The Hall–Kier alpha value is -1.37. The lowest BCUT2D eigenvalue weighted by molar-refractivity contribution is 0.0739. The molecule has 0 bridgehead atoms. The van der Waals surface area contributed by atoms with Crippen LogP contribution in [0.4, 0.5) is 0 Å². The summed E-state index contributed by atoms with van der Waals surface area (Å²) in [4.78, 5) is 20.6. The van der Waals surface area contributed by atoms with Crippen molar-refractivity contribution in [3.63, 3.8) is 0 Å². The van der Waals surface area contributed by atoms with E-state index < -0.39 is 0 Å². The van der Waals surface area contributed by atoms with Crippen LogP contribution in [-0.4, -0.2) is 51.8 Å². The van der Waals surface area contributed by atoms with Gasteiger partial charge < -0.3 is 10.2 Å². The summed E-state index contributed by atoms with van der Waals surface area (Å²) >= 11 is 0. The van der Waals surface area contributed by atoms with E-state index in [4.69, 9.17) is 10.1 Å². The first kappa shape index (κ1) is 23.9. The van der Waals surface area contributed by atoms with Crippen LogP contribution in [0.3, 0.4) is 0 Å². The number of pyridine rings is 1. The highest BCUT2D eigenvalue weighted by atomic mass is 35.5. The molecule has 2 aliphatic rings. The zero-order chi connectivity index (χ0) is 19.3. The molecule has 8 heteroatoms. The van der Waals surface area contributed by atoms with Crippen LogP contribution in [0, 0.1) is 6.92 Å². The van der Waals surface area contributed by atoms with Gasteiger partial charge in [0.25, 0.3) is 5.91 Å². The standard InChI is InChI=1S/C21H31N5O.2ClH/c1-13-18-16(20(27)25-10-6-7-15(25)12-22-5)11-17(14-8-9-14)23-19(18)26(24-13)21(2,3)4;;/h11,14-15,22H,6-10,12H2,1-5H3;2*1H. The molecular weight excluding hydrogens is 409 g/mol. The smallest absolute Gasteiger partial charge is 0.255 e. The van der Waals surface area contributed by atoms with Crippen molar-refractivity contribution in [3.05, 3.63) is 23.0 Å². The summed E-state index contributed by atoms with van der Waals surface area (Å²) in [6.45, 7) is 10.1. The second kappa shape index (κ2) is 8.78. The molecule has 4 rings (SSSR count). The molecule has 1 N–H and O–H groups in total. The van der Waals surface area contributed by atoms with Crippen LogP contribution < -0.4 is 5.32 Å². The molecule has 1 aliphatic carbocycles. The van der Waals surface area contributed by atoms with Gasteiger partial charge in [-0.15, -0.1) is 24.8 Å². The Kier molecular flexibility index (Phi) is 7.24. The minimum atomic E-state index is -0.176. The Balaban J connectivity index is 0.00000150. The van der Waals surface area contributed by atoms with Gasteiger partial charge in [-0.05, 0) is 66.5 Å². The summed E-state index contributed by atoms with van der Waals surface area (Å²) in [5.74, 6) is 0.634. The maximum atomic E-state index is 13.6. The molecule has 0 aromatic carbocycles. The zero-order valence-corrected chi connectivity index (χ0v) is 19.6. The third-order valence-electron chi connectivity index (χ3n) is 5.77. The van der Waals surface area contributed by atoms with E-state index in [-0.39, 0.29) is 42.3 Å². The molecule has 1 saturated carbocycles. The number of halogens is 2. The van der Waals surface area contributed by atoms with Crippen molar-refractivity contribution in [2.45, 2.75) is 70.9 Å². The molecule has 2 fully saturated rings. The molecule has 2 aromatic rings. The second-order valence-corrected chi connectivity index (χ2v) is 9.09. The van der Waals surface area contributed by atoms with Crippen LogP contribution in [-0.2, 0) is 5.54 Å². The highest BCUT2D eigenvalue weighted by Gasteiger charge is 2.34. The number of aryl methyl sites for hydroxylation is 1. The number of likely N-dealkylation sites (N-methyl/N-ethyl adjacent to an activating group) is 1. The molecule has 162 valence electrons. The first-order valence-electron chi connectivity index (χ1n) is 10.2. The van der Waals surface area contributed by atoms with Crippen LogP contribution in [0.2, 0.25) is 0 Å². The first-order chi connectivity index (χ1) is 12.8. The van der Waals surface area contributed by atoms with Gasteiger partial charge in [-0.3, -0.25) is 4.79 Å². The molecule has 0 radical (unpaired) electrons. The number of likely N-dealkylation sites (tertiary alicyclic amines) is 1. The van der Waals surface area contributed by atoms with E-state index in [1.807, 2.05) is 18.7 Å². The number of fused-ring (bicyclic) bond motifs is 1. The van der Waals surface area contributed by atoms with Gasteiger partial charge in [0.1, 0.15) is 0 Å². The van der Waals surface area contributed by atoms with Crippen molar-refractivity contribution in [3.8, 4) is 0 Å². The number of nitrogens with zero attached hydrogens (tertiary/aromatic N) is 4. The van der Waals surface area contributed by atoms with Gasteiger partial charge in [0.05, 0.1) is 22.2 Å². The number of nitrogens with one attached hydrogen (secondary N) is 1. The number of aromatic nitrogens is 3. The van der Waals surface area contributed by atoms with Gasteiger partial charge in [-0.2, -0.15) is 5.10 Å². The lowest BCUT2D eigenvalue weighted by Gasteiger charge is -2.25. The van der Waals surface area contributed by atoms with E-state index in [1.54, 1.807) is 0 Å². The minimum Gasteiger partial charge on any atom is -0.334 e. The molecule has 6 nitrogen and oxygen atoms in total. The van der Waals surface area contributed by atoms with E-state index in [2.05, 4.69) is 37.1 Å². The fourth-order valence-electron chi connectivity index (χ4n) is 4.24. The van der Waals surface area contributed by atoms with Crippen molar-refractivity contribution < 1.29 is 4.79 Å². The number of hydrogen-bond donors (Lipinski definition) is 1. The molecule has 1 unspecified atom stereocenters. The van der Waals surface area contributed by atoms with E-state index >= 15 is 0 Å². The predicted octanol–water partition coefficient (Wildman–Crippen LogP) is 4.04. The Labute approximate surface area is 185 Å². The molecule has 1 amide bonds. The van der Waals surface area contributed by atoms with Crippen molar-refractivity contribution >= 4 is 41.8 Å². The molecule has 0 spiro atoms. The minimum absolute atomic E-state index is 0. The summed E-state index contributed by atoms with van der Waals surface area (Å²) in [6.07, 6.45) is 4.47. The molecule has 1 aliphatic heterocycles. The van der Waals surface area contributed by atoms with E-state index in [9.17, 15) is 4.79 Å². The quantitative estimate of drug-likeness (QED) is 0.777. The normalized spacial score (nSPS) is 19.2. The van der Waals surface area contributed by atoms with E-state index in [1.165, 1.54) is 12.8 Å². The predicted molar refractivity (Wildman–Crippen MR) is 122 cm³/mol. The zero-order valence-electron chi connectivity index (χ0n) is 18.0. The second-order valence-electron chi connectivity index (χ2n) is 9.09. The number of rotatable bonds is 4. The van der Waals surface area contributed by atoms with E-state index in [0.29, 0.717) is 5.92 Å². The molecule has 1 saturated heterocycles. The lowest BCUT2D eigenvalue weighted by atomic mass is 10.0. The fourth-order valence-corrected chi connectivity index (χ4v) is 4.24. The van der Waals surface area contributed by atoms with Crippen LogP contribution in [0.1, 0.15) is 74.1 Å². The molecule has 2 aromatic heterocycles. The molecule has 1 atom stereocenters. The summed E-state index contributed by atoms with van der Waals surface area (Å²) in [5, 5.41) is 8.94. The van der Waals surface area contributed by atoms with Gasteiger partial charge in [-0.1, -0.05) is 0 Å². The number of amides is 1. The SMILES string of the molecule is CNCC1CCCN1C(=O)c1cc(C2CC2)nc2c1c(C)nn2C(C)(C)C.Cl.Cl. The molecule has 29 heavy (non-hydrogen) atoms. The van der Waals surface area contributed by atoms with E-state index in [0.717, 1.165) is 53.9 Å². The van der Waals surface area contributed by atoms with Gasteiger partial charge in [-0.25, -0.2) is 9.67 Å². The van der Waals surface area contributed by atoms with Gasteiger partial charge in [0.2, 0.25) is 0 Å². The Morgan fingerprint density at radius 2 is 1.93 bits per heavy atom. The Bertz CT molecular complexity index is 885. The lowest BCUT2D eigenvalue weighted by Crippen LogP contribution is -2.41. The fraction of sp³-hybridized carbons (Fsp3) is 0.667. The Morgan fingerprint density at radius 3 is 2.52 bits per heavy atom. The maximum Gasteiger partial charge on any atom is 0.255 e. The maximum absolute atomic E-state index is 13.6. The van der Waals surface area contributed by atoms with Crippen LogP contribution in [0.25, 0.3) is 11.0 Å². The summed E-state index contributed by atoms with van der Waals surface area (Å²) < 4.78 is 2.00. The van der Waals surface area contributed by atoms with Crippen LogP contribution in [0.5, 0.6) is 0 Å². The number of carbonyl (C=O) groups excluding carboxylic acids is 1.